The van der Waals surface area contributed by atoms with Crippen molar-refractivity contribution in [1.29, 1.82) is 0 Å². The third-order valence-electron chi connectivity index (χ3n) is 2.94. The van der Waals surface area contributed by atoms with Crippen molar-refractivity contribution in [2.24, 2.45) is 5.92 Å². The average Bonchev–Trinajstić information content (AvgIpc) is 2.37. The molecule has 0 unspecified atom stereocenters. The third kappa shape index (κ3) is 2.25. The van der Waals surface area contributed by atoms with Gasteiger partial charge < -0.3 is 9.47 Å². The molecule has 1 atom stereocenters. The second-order valence-corrected chi connectivity index (χ2v) is 4.16. The Morgan fingerprint density at radius 3 is 2.82 bits per heavy atom. The van der Waals surface area contributed by atoms with Crippen LogP contribution in [0.25, 0.3) is 0 Å². The van der Waals surface area contributed by atoms with Crippen LogP contribution in [0, 0.1) is 11.7 Å². The van der Waals surface area contributed by atoms with Gasteiger partial charge in [-0.15, -0.1) is 0 Å². The van der Waals surface area contributed by atoms with Crippen molar-refractivity contribution in [2.45, 2.75) is 20.3 Å². The Morgan fingerprint density at radius 1 is 1.41 bits per heavy atom. The molecule has 17 heavy (non-hydrogen) atoms. The van der Waals surface area contributed by atoms with Crippen LogP contribution in [-0.4, -0.2) is 19.0 Å². The van der Waals surface area contributed by atoms with E-state index in [4.69, 9.17) is 9.47 Å². The maximum atomic E-state index is 13.7. The maximum absolute atomic E-state index is 13.7. The molecule has 0 spiro atoms. The molecule has 1 aliphatic heterocycles. The van der Waals surface area contributed by atoms with Crippen molar-refractivity contribution >= 4 is 5.78 Å². The van der Waals surface area contributed by atoms with Crippen LogP contribution in [0.1, 0.15) is 30.6 Å². The normalized spacial score (nSPS) is 15.5. The minimum atomic E-state index is -0.533. The summed E-state index contributed by atoms with van der Waals surface area (Å²) in [5.74, 6) is -0.283. The Morgan fingerprint density at radius 2 is 2.12 bits per heavy atom. The van der Waals surface area contributed by atoms with E-state index in [0.29, 0.717) is 24.5 Å². The number of carbonyl (C=O) groups excluding carboxylic acids is 1. The minimum Gasteiger partial charge on any atom is -0.486 e. The maximum Gasteiger partial charge on any atom is 0.197 e. The lowest BCUT2D eigenvalue weighted by Gasteiger charge is -2.19. The molecule has 0 aliphatic carbocycles. The molecule has 0 saturated heterocycles. The van der Waals surface area contributed by atoms with E-state index in [1.54, 1.807) is 6.07 Å². The lowest BCUT2D eigenvalue weighted by Crippen LogP contribution is -2.18. The van der Waals surface area contributed by atoms with E-state index >= 15 is 0 Å². The Bertz CT molecular complexity index is 443. The highest BCUT2D eigenvalue weighted by molar-refractivity contribution is 5.98. The molecular formula is C13H15FO3. The highest BCUT2D eigenvalue weighted by Gasteiger charge is 2.22. The molecule has 1 aromatic rings. The Kier molecular flexibility index (Phi) is 3.31. The number of fused-ring (bicyclic) bond motifs is 1. The van der Waals surface area contributed by atoms with Gasteiger partial charge in [0.15, 0.2) is 23.1 Å². The van der Waals surface area contributed by atoms with Crippen LogP contribution in [0.2, 0.25) is 0 Å². The first-order valence-electron chi connectivity index (χ1n) is 5.76. The predicted molar refractivity (Wildman–Crippen MR) is 61.2 cm³/mol. The van der Waals surface area contributed by atoms with E-state index in [2.05, 4.69) is 0 Å². The lowest BCUT2D eigenvalue weighted by atomic mass is 9.97. The molecule has 0 N–H and O–H groups in total. The van der Waals surface area contributed by atoms with Crippen LogP contribution < -0.4 is 9.47 Å². The van der Waals surface area contributed by atoms with Crippen LogP contribution in [0.5, 0.6) is 11.5 Å². The standard InChI is InChI=1S/C13H15FO3/c1-3-8(2)12(15)9-6-10(14)13-11(7-9)16-4-5-17-13/h6-8H,3-5H2,1-2H3/t8-/m1/s1. The van der Waals surface area contributed by atoms with Gasteiger partial charge in [-0.05, 0) is 18.6 Å². The molecule has 2 rings (SSSR count). The van der Waals surface area contributed by atoms with Crippen LogP contribution in [0.3, 0.4) is 0 Å². The van der Waals surface area contributed by atoms with Crippen molar-refractivity contribution in [1.82, 2.24) is 0 Å². The monoisotopic (exact) mass is 238 g/mol. The zero-order chi connectivity index (χ0) is 12.4. The van der Waals surface area contributed by atoms with E-state index < -0.39 is 5.82 Å². The van der Waals surface area contributed by atoms with Gasteiger partial charge >= 0.3 is 0 Å². The summed E-state index contributed by atoms with van der Waals surface area (Å²) < 4.78 is 24.2. The summed E-state index contributed by atoms with van der Waals surface area (Å²) in [5, 5.41) is 0. The van der Waals surface area contributed by atoms with Crippen molar-refractivity contribution in [3.8, 4) is 11.5 Å². The molecule has 3 nitrogen and oxygen atoms in total. The van der Waals surface area contributed by atoms with Crippen LogP contribution >= 0.6 is 0 Å². The number of benzene rings is 1. The highest BCUT2D eigenvalue weighted by Crippen LogP contribution is 2.34. The van der Waals surface area contributed by atoms with Crippen LogP contribution in [0.15, 0.2) is 12.1 Å². The summed E-state index contributed by atoms with van der Waals surface area (Å²) in [7, 11) is 0. The molecule has 0 fully saturated rings. The Hall–Kier alpha value is -1.58. The molecule has 1 aliphatic rings. The van der Waals surface area contributed by atoms with E-state index in [9.17, 15) is 9.18 Å². The van der Waals surface area contributed by atoms with Gasteiger partial charge in [0, 0.05) is 11.5 Å². The molecule has 0 aromatic heterocycles. The molecule has 1 heterocycles. The fourth-order valence-electron chi connectivity index (χ4n) is 1.72. The van der Waals surface area contributed by atoms with Gasteiger partial charge in [0.05, 0.1) is 0 Å². The van der Waals surface area contributed by atoms with Crippen molar-refractivity contribution in [2.75, 3.05) is 13.2 Å². The summed E-state index contributed by atoms with van der Waals surface area (Å²) in [6.07, 6.45) is 0.731. The molecule has 0 amide bonds. The number of ketones is 1. The van der Waals surface area contributed by atoms with Gasteiger partial charge in [-0.1, -0.05) is 13.8 Å². The first-order chi connectivity index (χ1) is 8.13. The number of rotatable bonds is 3. The minimum absolute atomic E-state index is 0.0663. The van der Waals surface area contributed by atoms with Crippen LogP contribution in [0.4, 0.5) is 4.39 Å². The summed E-state index contributed by atoms with van der Waals surface area (Å²) in [5.41, 5.74) is 0.348. The van der Waals surface area contributed by atoms with Gasteiger partial charge in [-0.25, -0.2) is 4.39 Å². The summed E-state index contributed by atoms with van der Waals surface area (Å²) in [6.45, 7) is 4.48. The number of hydrogen-bond acceptors (Lipinski definition) is 3. The Balaban J connectivity index is 2.37. The van der Waals surface area contributed by atoms with Gasteiger partial charge in [0.1, 0.15) is 13.2 Å². The van der Waals surface area contributed by atoms with Gasteiger partial charge in [-0.3, -0.25) is 4.79 Å². The van der Waals surface area contributed by atoms with E-state index in [1.165, 1.54) is 6.07 Å². The third-order valence-corrected chi connectivity index (χ3v) is 2.94. The number of carbonyl (C=O) groups is 1. The summed E-state index contributed by atoms with van der Waals surface area (Å²) in [6, 6.07) is 2.79. The summed E-state index contributed by atoms with van der Waals surface area (Å²) in [4.78, 5) is 12.0. The van der Waals surface area contributed by atoms with Crippen molar-refractivity contribution in [3.63, 3.8) is 0 Å². The topological polar surface area (TPSA) is 35.5 Å². The van der Waals surface area contributed by atoms with Gasteiger partial charge in [-0.2, -0.15) is 0 Å². The largest absolute Gasteiger partial charge is 0.486 e. The van der Waals surface area contributed by atoms with E-state index in [0.717, 1.165) is 6.42 Å². The SMILES string of the molecule is CC[C@@H](C)C(=O)c1cc(F)c2c(c1)OCCO2. The number of halogens is 1. The van der Waals surface area contributed by atoms with E-state index in [-0.39, 0.29) is 17.5 Å². The van der Waals surface area contributed by atoms with Crippen molar-refractivity contribution < 1.29 is 18.7 Å². The molecular weight excluding hydrogens is 223 g/mol. The summed E-state index contributed by atoms with van der Waals surface area (Å²) >= 11 is 0. The fourth-order valence-corrected chi connectivity index (χ4v) is 1.72. The lowest BCUT2D eigenvalue weighted by molar-refractivity contribution is 0.0925. The fraction of sp³-hybridized carbons (Fsp3) is 0.462. The van der Waals surface area contributed by atoms with Gasteiger partial charge in [0.2, 0.25) is 0 Å². The van der Waals surface area contributed by atoms with E-state index in [1.807, 2.05) is 13.8 Å². The molecule has 92 valence electrons. The van der Waals surface area contributed by atoms with Gasteiger partial charge in [0.25, 0.3) is 0 Å². The molecule has 0 bridgehead atoms. The average molecular weight is 238 g/mol. The van der Waals surface area contributed by atoms with Crippen LogP contribution in [-0.2, 0) is 0 Å². The smallest absolute Gasteiger partial charge is 0.197 e. The zero-order valence-electron chi connectivity index (χ0n) is 9.96. The quantitative estimate of drug-likeness (QED) is 0.759. The first kappa shape index (κ1) is 11.9. The molecule has 4 heteroatoms. The number of hydrogen-bond donors (Lipinski definition) is 0. The highest BCUT2D eigenvalue weighted by atomic mass is 19.1. The number of Topliss-reactive ketones (excluding diaryl/α,β-unsaturated/α-hetero) is 1. The van der Waals surface area contributed by atoms with Crippen molar-refractivity contribution in [3.05, 3.63) is 23.5 Å². The zero-order valence-corrected chi connectivity index (χ0v) is 9.96. The molecule has 1 aromatic carbocycles. The molecule has 0 radical (unpaired) electrons. The predicted octanol–water partition coefficient (Wildman–Crippen LogP) is 2.83. The Labute approximate surface area is 99.5 Å². The second kappa shape index (κ2) is 4.73. The first-order valence-corrected chi connectivity index (χ1v) is 5.76. The number of ether oxygens (including phenoxy) is 2. The molecule has 0 saturated carbocycles. The second-order valence-electron chi connectivity index (χ2n) is 4.16.